The molecule has 1 saturated carbocycles. The lowest BCUT2D eigenvalue weighted by Crippen LogP contribution is -2.50. The minimum absolute atomic E-state index is 0.00694. The van der Waals surface area contributed by atoms with Gasteiger partial charge in [0.15, 0.2) is 0 Å². The van der Waals surface area contributed by atoms with Crippen LogP contribution >= 0.6 is 0 Å². The molecule has 0 aromatic heterocycles. The van der Waals surface area contributed by atoms with E-state index in [0.717, 1.165) is 45.1 Å². The Morgan fingerprint density at radius 2 is 2.08 bits per heavy atom. The largest absolute Gasteiger partial charge is 0.481 e. The van der Waals surface area contributed by atoms with Gasteiger partial charge < -0.3 is 9.84 Å². The van der Waals surface area contributed by atoms with Crippen LogP contribution in [0.5, 0.6) is 0 Å². The topological polar surface area (TPSA) is 46.5 Å². The van der Waals surface area contributed by atoms with Crippen molar-refractivity contribution in [3.8, 4) is 0 Å². The Bertz CT molecular complexity index is 202. The van der Waals surface area contributed by atoms with E-state index in [9.17, 15) is 4.79 Å². The first-order valence-corrected chi connectivity index (χ1v) is 5.11. The molecule has 2 aliphatic rings. The summed E-state index contributed by atoms with van der Waals surface area (Å²) in [7, 11) is 0. The van der Waals surface area contributed by atoms with E-state index < -0.39 is 11.4 Å². The van der Waals surface area contributed by atoms with Crippen molar-refractivity contribution < 1.29 is 14.6 Å². The molecule has 1 aliphatic heterocycles. The Kier molecular flexibility index (Phi) is 2.28. The second-order valence-electron chi connectivity index (χ2n) is 4.17. The maximum Gasteiger partial charge on any atom is 0.312 e. The van der Waals surface area contributed by atoms with Crippen LogP contribution in [0.4, 0.5) is 0 Å². The van der Waals surface area contributed by atoms with Crippen molar-refractivity contribution in [2.75, 3.05) is 6.61 Å². The van der Waals surface area contributed by atoms with Crippen LogP contribution in [0.1, 0.15) is 38.5 Å². The first-order chi connectivity index (χ1) is 6.26. The first kappa shape index (κ1) is 9.00. The van der Waals surface area contributed by atoms with Crippen molar-refractivity contribution in [2.45, 2.75) is 44.6 Å². The first-order valence-electron chi connectivity index (χ1n) is 5.11. The van der Waals surface area contributed by atoms with Gasteiger partial charge in [-0.05, 0) is 32.1 Å². The van der Waals surface area contributed by atoms with Crippen LogP contribution in [-0.2, 0) is 9.53 Å². The van der Waals surface area contributed by atoms with Crippen molar-refractivity contribution in [3.63, 3.8) is 0 Å². The van der Waals surface area contributed by atoms with Gasteiger partial charge in [0.05, 0.1) is 11.5 Å². The van der Waals surface area contributed by atoms with Crippen molar-refractivity contribution in [2.24, 2.45) is 5.41 Å². The highest BCUT2D eigenvalue weighted by Crippen LogP contribution is 2.47. The molecule has 1 saturated heterocycles. The van der Waals surface area contributed by atoms with Crippen LogP contribution in [0.15, 0.2) is 0 Å². The molecule has 0 unspecified atom stereocenters. The van der Waals surface area contributed by atoms with Gasteiger partial charge in [0.25, 0.3) is 0 Å². The van der Waals surface area contributed by atoms with E-state index in [1.807, 2.05) is 0 Å². The number of ether oxygens (including phenoxy) is 1. The third-order valence-corrected chi connectivity index (χ3v) is 3.47. The number of carboxylic acid groups (broad SMARTS) is 1. The summed E-state index contributed by atoms with van der Waals surface area (Å²) in [4.78, 5) is 11.1. The maximum absolute atomic E-state index is 11.1. The Balaban J connectivity index is 2.06. The Morgan fingerprint density at radius 3 is 2.46 bits per heavy atom. The summed E-state index contributed by atoms with van der Waals surface area (Å²) in [5.74, 6) is -0.648. The van der Waals surface area contributed by atoms with E-state index >= 15 is 0 Å². The predicted molar refractivity (Wildman–Crippen MR) is 47.5 cm³/mol. The summed E-state index contributed by atoms with van der Waals surface area (Å²) in [6.07, 6.45) is 5.82. The molecule has 0 amide bonds. The van der Waals surface area contributed by atoms with E-state index in [1.165, 1.54) is 0 Å². The monoisotopic (exact) mass is 184 g/mol. The molecule has 1 N–H and O–H groups in total. The molecule has 3 nitrogen and oxygen atoms in total. The molecule has 0 spiro atoms. The number of hydrogen-bond donors (Lipinski definition) is 1. The fraction of sp³-hybridized carbons (Fsp3) is 0.900. The van der Waals surface area contributed by atoms with Gasteiger partial charge in [-0.25, -0.2) is 0 Å². The maximum atomic E-state index is 11.1. The minimum atomic E-state index is -0.648. The van der Waals surface area contributed by atoms with Crippen LogP contribution in [0, 0.1) is 5.41 Å². The number of carbonyl (C=O) groups is 1. The third kappa shape index (κ3) is 1.35. The van der Waals surface area contributed by atoms with E-state index in [4.69, 9.17) is 9.84 Å². The van der Waals surface area contributed by atoms with Crippen molar-refractivity contribution >= 4 is 5.97 Å². The summed E-state index contributed by atoms with van der Waals surface area (Å²) in [6, 6.07) is 0. The van der Waals surface area contributed by atoms with Gasteiger partial charge in [-0.15, -0.1) is 0 Å². The van der Waals surface area contributed by atoms with Gasteiger partial charge in [-0.1, -0.05) is 6.42 Å². The SMILES string of the molecule is O=C(O)C1([C@@H]2CCCCO2)CCC1. The summed E-state index contributed by atoms with van der Waals surface area (Å²) >= 11 is 0. The number of aliphatic carboxylic acids is 1. The van der Waals surface area contributed by atoms with Crippen molar-refractivity contribution in [3.05, 3.63) is 0 Å². The van der Waals surface area contributed by atoms with Crippen molar-refractivity contribution in [1.29, 1.82) is 0 Å². The Labute approximate surface area is 78.1 Å². The van der Waals surface area contributed by atoms with Gasteiger partial charge in [0.1, 0.15) is 0 Å². The molecule has 0 aromatic rings. The molecule has 1 aliphatic carbocycles. The molecular formula is C10H16O3. The second-order valence-corrected chi connectivity index (χ2v) is 4.17. The lowest BCUT2D eigenvalue weighted by Gasteiger charge is -2.45. The van der Waals surface area contributed by atoms with Crippen LogP contribution in [-0.4, -0.2) is 23.8 Å². The fourth-order valence-electron chi connectivity index (χ4n) is 2.41. The summed E-state index contributed by atoms with van der Waals surface area (Å²) < 4.78 is 5.57. The lowest BCUT2D eigenvalue weighted by molar-refractivity contribution is -0.174. The van der Waals surface area contributed by atoms with E-state index in [2.05, 4.69) is 0 Å². The quantitative estimate of drug-likeness (QED) is 0.712. The lowest BCUT2D eigenvalue weighted by atomic mass is 9.63. The predicted octanol–water partition coefficient (Wildman–Crippen LogP) is 1.81. The smallest absolute Gasteiger partial charge is 0.312 e. The molecule has 0 aromatic carbocycles. The molecule has 1 atom stereocenters. The van der Waals surface area contributed by atoms with Crippen LogP contribution < -0.4 is 0 Å². The molecular weight excluding hydrogens is 168 g/mol. The molecule has 74 valence electrons. The molecule has 3 heteroatoms. The molecule has 0 radical (unpaired) electrons. The van der Waals surface area contributed by atoms with Gasteiger partial charge in [0, 0.05) is 6.61 Å². The molecule has 13 heavy (non-hydrogen) atoms. The summed E-state index contributed by atoms with van der Waals surface area (Å²) in [5, 5.41) is 9.16. The van der Waals surface area contributed by atoms with Crippen LogP contribution in [0.25, 0.3) is 0 Å². The molecule has 0 bridgehead atoms. The van der Waals surface area contributed by atoms with Gasteiger partial charge in [-0.3, -0.25) is 4.79 Å². The van der Waals surface area contributed by atoms with Crippen molar-refractivity contribution in [1.82, 2.24) is 0 Å². The average molecular weight is 184 g/mol. The number of carboxylic acids is 1. The highest BCUT2D eigenvalue weighted by molar-refractivity contribution is 5.76. The summed E-state index contributed by atoms with van der Waals surface area (Å²) in [6.45, 7) is 0.750. The van der Waals surface area contributed by atoms with Crippen LogP contribution in [0.2, 0.25) is 0 Å². The molecule has 1 heterocycles. The average Bonchev–Trinajstić information content (AvgIpc) is 2.03. The number of hydrogen-bond acceptors (Lipinski definition) is 2. The highest BCUT2D eigenvalue weighted by Gasteiger charge is 2.51. The minimum Gasteiger partial charge on any atom is -0.481 e. The third-order valence-electron chi connectivity index (χ3n) is 3.47. The molecule has 2 fully saturated rings. The second kappa shape index (κ2) is 3.29. The standard InChI is InChI=1S/C10H16O3/c11-9(12)10(5-3-6-10)8-4-1-2-7-13-8/h8H,1-7H2,(H,11,12)/t8-/m0/s1. The zero-order chi connectivity index (χ0) is 9.31. The van der Waals surface area contributed by atoms with Crippen LogP contribution in [0.3, 0.4) is 0 Å². The summed E-state index contributed by atoms with van der Waals surface area (Å²) in [5.41, 5.74) is -0.513. The molecule has 2 rings (SSSR count). The zero-order valence-electron chi connectivity index (χ0n) is 7.79. The van der Waals surface area contributed by atoms with Gasteiger partial charge in [0.2, 0.25) is 0 Å². The Morgan fingerprint density at radius 1 is 1.31 bits per heavy atom. The van der Waals surface area contributed by atoms with Gasteiger partial charge >= 0.3 is 5.97 Å². The number of rotatable bonds is 2. The Hall–Kier alpha value is -0.570. The van der Waals surface area contributed by atoms with E-state index in [-0.39, 0.29) is 6.10 Å². The fourth-order valence-corrected chi connectivity index (χ4v) is 2.41. The van der Waals surface area contributed by atoms with Gasteiger partial charge in [-0.2, -0.15) is 0 Å². The zero-order valence-corrected chi connectivity index (χ0v) is 7.79. The highest BCUT2D eigenvalue weighted by atomic mass is 16.5. The normalized spacial score (nSPS) is 32.2. The van der Waals surface area contributed by atoms with E-state index in [0.29, 0.717) is 0 Å². The van der Waals surface area contributed by atoms with E-state index in [1.54, 1.807) is 0 Å².